The third-order valence-electron chi connectivity index (χ3n) is 8.87. The van der Waals surface area contributed by atoms with Crippen molar-refractivity contribution in [1.82, 2.24) is 0 Å². The number of rotatable bonds is 2. The van der Waals surface area contributed by atoms with Crippen molar-refractivity contribution >= 4 is 0 Å². The van der Waals surface area contributed by atoms with Gasteiger partial charge < -0.3 is 10.2 Å². The van der Waals surface area contributed by atoms with E-state index >= 15 is 0 Å². The number of allylic oxidation sites excluding steroid dienone is 1. The van der Waals surface area contributed by atoms with Gasteiger partial charge in [0, 0.05) is 0 Å². The molecule has 0 aromatic rings. The summed E-state index contributed by atoms with van der Waals surface area (Å²) in [4.78, 5) is 0. The summed E-state index contributed by atoms with van der Waals surface area (Å²) in [5, 5.41) is 25.3. The highest BCUT2D eigenvalue weighted by Crippen LogP contribution is 2.66. The molecule has 9 atom stereocenters. The van der Waals surface area contributed by atoms with Crippen LogP contribution in [-0.4, -0.2) is 28.5 Å². The fourth-order valence-corrected chi connectivity index (χ4v) is 7.69. The van der Waals surface area contributed by atoms with Crippen LogP contribution in [0.1, 0.15) is 65.7 Å². The van der Waals surface area contributed by atoms with Crippen LogP contribution in [0.25, 0.3) is 0 Å². The van der Waals surface area contributed by atoms with E-state index in [9.17, 15) is 10.2 Å². The van der Waals surface area contributed by atoms with Gasteiger partial charge in [0.25, 0.3) is 0 Å². The van der Waals surface area contributed by atoms with Crippen molar-refractivity contribution in [3.05, 3.63) is 11.6 Å². The van der Waals surface area contributed by atoms with Crippen LogP contribution in [-0.2, 0) is 0 Å². The Labute approximate surface area is 151 Å². The molecule has 0 spiro atoms. The van der Waals surface area contributed by atoms with Crippen molar-refractivity contribution < 1.29 is 10.2 Å². The van der Waals surface area contributed by atoms with Crippen molar-refractivity contribution in [2.45, 2.75) is 84.0 Å². The largest absolute Gasteiger partial charge is 0.393 e. The minimum Gasteiger partial charge on any atom is -0.393 e. The predicted molar refractivity (Wildman–Crippen MR) is 97.2 cm³/mol. The van der Waals surface area contributed by atoms with Crippen LogP contribution in [0, 0.1) is 40.0 Å². The smallest absolute Gasteiger partial charge is 0.0711 e. The van der Waals surface area contributed by atoms with Crippen LogP contribution in [0.2, 0.25) is 0 Å². The SMILES string of the molecule is CC(N=N)C1CCC2C3CC=C4CC(O)CCC4(C)C3C(O)CC12C. The summed E-state index contributed by atoms with van der Waals surface area (Å²) >= 11 is 0. The average Bonchev–Trinajstić information content (AvgIpc) is 2.91. The second-order valence-electron chi connectivity index (χ2n) is 9.91. The molecule has 0 radical (unpaired) electrons. The summed E-state index contributed by atoms with van der Waals surface area (Å²) in [6.45, 7) is 6.79. The zero-order chi connectivity index (χ0) is 18.0. The maximum atomic E-state index is 11.3. The molecule has 4 nitrogen and oxygen atoms in total. The number of hydrogen-bond donors (Lipinski definition) is 3. The van der Waals surface area contributed by atoms with Crippen molar-refractivity contribution in [2.75, 3.05) is 0 Å². The molecular formula is C21H34N2O2. The van der Waals surface area contributed by atoms with Gasteiger partial charge in [-0.2, -0.15) is 5.11 Å². The van der Waals surface area contributed by atoms with Crippen molar-refractivity contribution in [2.24, 2.45) is 39.6 Å². The lowest BCUT2D eigenvalue weighted by molar-refractivity contribution is -0.126. The topological polar surface area (TPSA) is 76.7 Å². The van der Waals surface area contributed by atoms with Gasteiger partial charge in [-0.15, -0.1) is 0 Å². The number of fused-ring (bicyclic) bond motifs is 5. The summed E-state index contributed by atoms with van der Waals surface area (Å²) in [5.74, 6) is 1.94. The lowest BCUT2D eigenvalue weighted by atomic mass is 9.46. The molecule has 0 amide bonds. The Hall–Kier alpha value is -0.740. The van der Waals surface area contributed by atoms with E-state index in [0.717, 1.165) is 38.5 Å². The number of hydrogen-bond acceptors (Lipinski definition) is 4. The zero-order valence-electron chi connectivity index (χ0n) is 15.9. The third kappa shape index (κ3) is 2.39. The zero-order valence-corrected chi connectivity index (χ0v) is 15.9. The lowest BCUT2D eigenvalue weighted by Crippen LogP contribution is -2.56. The fraction of sp³-hybridized carbons (Fsp3) is 0.905. The molecule has 0 aromatic carbocycles. The first-order valence-electron chi connectivity index (χ1n) is 10.2. The van der Waals surface area contributed by atoms with Crippen LogP contribution < -0.4 is 0 Å². The van der Waals surface area contributed by atoms with Crippen LogP contribution in [0.5, 0.6) is 0 Å². The predicted octanol–water partition coefficient (Wildman–Crippen LogP) is 4.32. The van der Waals surface area contributed by atoms with E-state index in [1.54, 1.807) is 0 Å². The minimum atomic E-state index is -0.270. The molecular weight excluding hydrogens is 312 g/mol. The normalized spacial score (nSPS) is 53.2. The summed E-state index contributed by atoms with van der Waals surface area (Å²) in [6, 6.07) is 0.0638. The molecule has 4 heteroatoms. The van der Waals surface area contributed by atoms with E-state index < -0.39 is 0 Å². The van der Waals surface area contributed by atoms with Gasteiger partial charge in [0.15, 0.2) is 0 Å². The molecule has 25 heavy (non-hydrogen) atoms. The van der Waals surface area contributed by atoms with Gasteiger partial charge >= 0.3 is 0 Å². The van der Waals surface area contributed by atoms with Crippen molar-refractivity contribution in [3.8, 4) is 0 Å². The first kappa shape index (κ1) is 17.7. The molecule has 140 valence electrons. The number of aliphatic hydroxyl groups excluding tert-OH is 2. The van der Waals surface area contributed by atoms with Crippen LogP contribution in [0.3, 0.4) is 0 Å². The highest BCUT2D eigenvalue weighted by atomic mass is 16.3. The number of aliphatic hydroxyl groups is 2. The maximum Gasteiger partial charge on any atom is 0.0711 e. The summed E-state index contributed by atoms with van der Waals surface area (Å²) < 4.78 is 0. The third-order valence-corrected chi connectivity index (χ3v) is 8.87. The van der Waals surface area contributed by atoms with Gasteiger partial charge in [0.2, 0.25) is 0 Å². The Morgan fingerprint density at radius 2 is 2.00 bits per heavy atom. The van der Waals surface area contributed by atoms with Gasteiger partial charge in [0.05, 0.1) is 18.2 Å². The lowest BCUT2D eigenvalue weighted by Gasteiger charge is -2.59. The molecule has 3 fully saturated rings. The average molecular weight is 347 g/mol. The Bertz CT molecular complexity index is 590. The Morgan fingerprint density at radius 3 is 2.72 bits per heavy atom. The summed E-state index contributed by atoms with van der Waals surface area (Å²) in [5.41, 5.74) is 9.07. The molecule has 0 aromatic heterocycles. The van der Waals surface area contributed by atoms with Crippen molar-refractivity contribution in [3.63, 3.8) is 0 Å². The fourth-order valence-electron chi connectivity index (χ4n) is 7.69. The molecule has 0 heterocycles. The summed E-state index contributed by atoms with van der Waals surface area (Å²) in [7, 11) is 0. The Kier molecular flexibility index (Phi) is 4.16. The molecule has 0 aliphatic heterocycles. The standard InChI is InChI=1S/C21H34N2O2/c1-12(23-22)16-6-7-17-15-5-4-13-10-14(24)8-9-20(13,2)19(15)18(25)11-21(16,17)3/h4,12,14-19,22,24-25H,5-11H2,1-3H3. The van der Waals surface area contributed by atoms with E-state index in [1.807, 2.05) is 0 Å². The molecule has 4 aliphatic carbocycles. The van der Waals surface area contributed by atoms with Crippen molar-refractivity contribution in [1.29, 1.82) is 5.53 Å². The molecule has 4 rings (SSSR count). The minimum absolute atomic E-state index is 0.0619. The second-order valence-corrected chi connectivity index (χ2v) is 9.91. The number of nitrogens with one attached hydrogen (secondary N) is 1. The Balaban J connectivity index is 1.69. The van der Waals surface area contributed by atoms with Gasteiger partial charge in [0.1, 0.15) is 0 Å². The van der Waals surface area contributed by atoms with Gasteiger partial charge in [-0.3, -0.25) is 0 Å². The van der Waals surface area contributed by atoms with Gasteiger partial charge in [-0.05, 0) is 86.4 Å². The van der Waals surface area contributed by atoms with Crippen LogP contribution in [0.15, 0.2) is 16.8 Å². The number of nitrogens with zero attached hydrogens (tertiary/aromatic N) is 1. The Morgan fingerprint density at radius 1 is 1.24 bits per heavy atom. The van der Waals surface area contributed by atoms with E-state index in [1.165, 1.54) is 12.0 Å². The first-order valence-corrected chi connectivity index (χ1v) is 10.2. The molecule has 3 N–H and O–H groups in total. The molecule has 9 unspecified atom stereocenters. The van der Waals surface area contributed by atoms with E-state index in [2.05, 4.69) is 32.0 Å². The highest BCUT2D eigenvalue weighted by molar-refractivity contribution is 5.26. The van der Waals surface area contributed by atoms with E-state index in [-0.39, 0.29) is 29.1 Å². The highest BCUT2D eigenvalue weighted by Gasteiger charge is 2.62. The van der Waals surface area contributed by atoms with Crippen LogP contribution in [0.4, 0.5) is 0 Å². The van der Waals surface area contributed by atoms with E-state index in [4.69, 9.17) is 5.53 Å². The summed E-state index contributed by atoms with van der Waals surface area (Å²) in [6.07, 6.45) is 8.88. The molecule has 4 aliphatic rings. The quantitative estimate of drug-likeness (QED) is 0.514. The van der Waals surface area contributed by atoms with Crippen LogP contribution >= 0.6 is 0 Å². The maximum absolute atomic E-state index is 11.3. The van der Waals surface area contributed by atoms with Gasteiger partial charge in [-0.25, -0.2) is 5.53 Å². The molecule has 3 saturated carbocycles. The van der Waals surface area contributed by atoms with Gasteiger partial charge in [-0.1, -0.05) is 25.5 Å². The molecule has 0 saturated heterocycles. The first-order chi connectivity index (χ1) is 11.8. The van der Waals surface area contributed by atoms with E-state index in [0.29, 0.717) is 23.7 Å². The monoisotopic (exact) mass is 346 g/mol. The second kappa shape index (κ2) is 5.88. The molecule has 0 bridgehead atoms.